The number of nitrogens with one attached hydrogen (secondary N) is 1. The van der Waals surface area contributed by atoms with Crippen molar-refractivity contribution in [3.63, 3.8) is 0 Å². The van der Waals surface area contributed by atoms with Crippen LogP contribution in [0.25, 0.3) is 0 Å². The summed E-state index contributed by atoms with van der Waals surface area (Å²) in [6.07, 6.45) is 0.842. The van der Waals surface area contributed by atoms with Crippen LogP contribution in [0.2, 0.25) is 0 Å². The maximum atomic E-state index is 12.5. The van der Waals surface area contributed by atoms with Crippen LogP contribution in [0.1, 0.15) is 34.9 Å². The van der Waals surface area contributed by atoms with Crippen LogP contribution >= 0.6 is 0 Å². The summed E-state index contributed by atoms with van der Waals surface area (Å²) in [5.41, 5.74) is 1.44. The number of ether oxygens (including phenoxy) is 2. The summed E-state index contributed by atoms with van der Waals surface area (Å²) in [7, 11) is 0. The Bertz CT molecular complexity index is 1340. The maximum absolute atomic E-state index is 12.5. The van der Waals surface area contributed by atoms with Crippen LogP contribution in [0.3, 0.4) is 0 Å². The second-order valence-electron chi connectivity index (χ2n) is 9.38. The molecule has 0 radical (unpaired) electrons. The van der Waals surface area contributed by atoms with Gasteiger partial charge in [0, 0.05) is 30.7 Å². The molecule has 0 amide bonds. The average Bonchev–Trinajstić information content (AvgIpc) is 3.36. The molecule has 3 aromatic carbocycles. The lowest BCUT2D eigenvalue weighted by atomic mass is 9.80. The number of hydrogen-bond donors (Lipinski definition) is 2. The molecule has 1 saturated heterocycles. The third-order valence-electron chi connectivity index (χ3n) is 7.06. The summed E-state index contributed by atoms with van der Waals surface area (Å²) in [6.45, 7) is 1.70. The van der Waals surface area contributed by atoms with Gasteiger partial charge in [-0.3, -0.25) is 14.3 Å². The fourth-order valence-corrected chi connectivity index (χ4v) is 5.10. The van der Waals surface area contributed by atoms with Gasteiger partial charge in [-0.15, -0.1) is 0 Å². The topological polar surface area (TPSA) is 93.6 Å². The standard InChI is InChI=1S/C30H30N2O5/c1-21-18-32(29(35)31-28(21)34)27-17-22(19-33)26(37-27)20-36-30(23-11-5-2-6-12-23,24-13-7-3-8-14-24)25-15-9-4-10-16-25/h2-16,18,22,26-27,33H,17,19-20H2,1H3,(H,31,34,35)/t22?,26-,27-/m1/s1. The van der Waals surface area contributed by atoms with E-state index in [9.17, 15) is 14.7 Å². The van der Waals surface area contributed by atoms with Crippen molar-refractivity contribution in [2.24, 2.45) is 5.92 Å². The first-order chi connectivity index (χ1) is 18.0. The molecule has 0 aliphatic carbocycles. The van der Waals surface area contributed by atoms with E-state index in [0.29, 0.717) is 12.0 Å². The van der Waals surface area contributed by atoms with Gasteiger partial charge in [-0.1, -0.05) is 91.0 Å². The molecule has 0 spiro atoms. The molecule has 0 saturated carbocycles. The van der Waals surface area contributed by atoms with Crippen LogP contribution in [0.4, 0.5) is 0 Å². The Morgan fingerprint density at radius 1 is 0.919 bits per heavy atom. The molecule has 2 N–H and O–H groups in total. The second-order valence-corrected chi connectivity index (χ2v) is 9.38. The largest absolute Gasteiger partial charge is 0.396 e. The minimum absolute atomic E-state index is 0.114. The molecular weight excluding hydrogens is 468 g/mol. The molecule has 1 aliphatic rings. The molecule has 0 bridgehead atoms. The molecule has 5 rings (SSSR count). The molecule has 7 nitrogen and oxygen atoms in total. The van der Waals surface area contributed by atoms with Gasteiger partial charge in [-0.25, -0.2) is 4.79 Å². The Kier molecular flexibility index (Phi) is 7.19. The molecule has 4 aromatic rings. The number of aliphatic hydroxyl groups excluding tert-OH is 1. The Morgan fingerprint density at radius 2 is 1.43 bits per heavy atom. The Balaban J connectivity index is 1.52. The highest BCUT2D eigenvalue weighted by Gasteiger charge is 2.42. The van der Waals surface area contributed by atoms with Gasteiger partial charge in [0.05, 0.1) is 12.7 Å². The zero-order valence-corrected chi connectivity index (χ0v) is 20.6. The smallest absolute Gasteiger partial charge is 0.330 e. The zero-order valence-electron chi connectivity index (χ0n) is 20.6. The molecule has 1 aliphatic heterocycles. The van der Waals surface area contributed by atoms with E-state index in [1.165, 1.54) is 10.8 Å². The summed E-state index contributed by atoms with van der Waals surface area (Å²) in [5, 5.41) is 10.2. The summed E-state index contributed by atoms with van der Waals surface area (Å²) in [5.74, 6) is -0.246. The van der Waals surface area contributed by atoms with E-state index in [0.717, 1.165) is 16.7 Å². The van der Waals surface area contributed by atoms with Crippen molar-refractivity contribution in [2.75, 3.05) is 13.2 Å². The highest BCUT2D eigenvalue weighted by molar-refractivity contribution is 5.47. The van der Waals surface area contributed by atoms with E-state index in [1.807, 2.05) is 91.0 Å². The van der Waals surface area contributed by atoms with E-state index in [4.69, 9.17) is 9.47 Å². The van der Waals surface area contributed by atoms with Crippen molar-refractivity contribution in [1.29, 1.82) is 0 Å². The fraction of sp³-hybridized carbons (Fsp3) is 0.267. The predicted octanol–water partition coefficient (Wildman–Crippen LogP) is 3.75. The molecular formula is C30H30N2O5. The second kappa shape index (κ2) is 10.7. The van der Waals surface area contributed by atoms with Gasteiger partial charge < -0.3 is 14.6 Å². The summed E-state index contributed by atoms with van der Waals surface area (Å²) >= 11 is 0. The number of aliphatic hydroxyl groups is 1. The first kappa shape index (κ1) is 24.9. The molecule has 2 heterocycles. The van der Waals surface area contributed by atoms with E-state index >= 15 is 0 Å². The summed E-state index contributed by atoms with van der Waals surface area (Å²) in [4.78, 5) is 26.7. The van der Waals surface area contributed by atoms with Crippen LogP contribution in [-0.2, 0) is 15.1 Å². The lowest BCUT2D eigenvalue weighted by molar-refractivity contribution is -0.0877. The predicted molar refractivity (Wildman–Crippen MR) is 140 cm³/mol. The number of hydrogen-bond acceptors (Lipinski definition) is 5. The van der Waals surface area contributed by atoms with Crippen LogP contribution in [0.5, 0.6) is 0 Å². The van der Waals surface area contributed by atoms with E-state index in [2.05, 4.69) is 4.98 Å². The van der Waals surface area contributed by atoms with Crippen LogP contribution in [-0.4, -0.2) is 34.0 Å². The van der Waals surface area contributed by atoms with Gasteiger partial charge in [0.2, 0.25) is 0 Å². The first-order valence-electron chi connectivity index (χ1n) is 12.4. The highest BCUT2D eigenvalue weighted by Crippen LogP contribution is 2.42. The average molecular weight is 499 g/mol. The zero-order chi connectivity index (χ0) is 25.8. The Morgan fingerprint density at radius 3 is 1.92 bits per heavy atom. The lowest BCUT2D eigenvalue weighted by Gasteiger charge is -2.37. The number of nitrogens with zero attached hydrogens (tertiary/aromatic N) is 1. The van der Waals surface area contributed by atoms with Gasteiger partial charge in [0.25, 0.3) is 5.56 Å². The van der Waals surface area contributed by atoms with Crippen LogP contribution in [0, 0.1) is 12.8 Å². The van der Waals surface area contributed by atoms with Crippen molar-refractivity contribution < 1.29 is 14.6 Å². The van der Waals surface area contributed by atoms with Gasteiger partial charge in [0.1, 0.15) is 11.8 Å². The van der Waals surface area contributed by atoms with Crippen molar-refractivity contribution in [2.45, 2.75) is 31.3 Å². The molecule has 3 atom stereocenters. The number of benzene rings is 3. The highest BCUT2D eigenvalue weighted by atomic mass is 16.6. The fourth-order valence-electron chi connectivity index (χ4n) is 5.10. The number of rotatable bonds is 8. The van der Waals surface area contributed by atoms with Crippen molar-refractivity contribution in [1.82, 2.24) is 9.55 Å². The molecule has 1 unspecified atom stereocenters. The van der Waals surface area contributed by atoms with Gasteiger partial charge in [-0.05, 0) is 23.6 Å². The number of aromatic nitrogens is 2. The molecule has 1 aromatic heterocycles. The van der Waals surface area contributed by atoms with Gasteiger partial charge >= 0.3 is 5.69 Å². The number of aromatic amines is 1. The van der Waals surface area contributed by atoms with Gasteiger partial charge in [-0.2, -0.15) is 0 Å². The molecule has 37 heavy (non-hydrogen) atoms. The van der Waals surface area contributed by atoms with Crippen LogP contribution in [0.15, 0.2) is 107 Å². The van der Waals surface area contributed by atoms with Gasteiger partial charge in [0.15, 0.2) is 0 Å². The third-order valence-corrected chi connectivity index (χ3v) is 7.06. The van der Waals surface area contributed by atoms with Crippen molar-refractivity contribution >= 4 is 0 Å². The summed E-state index contributed by atoms with van der Waals surface area (Å²) in [6, 6.07) is 30.1. The Hall–Kier alpha value is -3.78. The van der Waals surface area contributed by atoms with E-state index < -0.39 is 29.2 Å². The number of aryl methyl sites for hydroxylation is 1. The normalized spacial score (nSPS) is 19.7. The molecule has 1 fully saturated rings. The van der Waals surface area contributed by atoms with E-state index in [1.54, 1.807) is 6.92 Å². The van der Waals surface area contributed by atoms with Crippen LogP contribution < -0.4 is 11.2 Å². The van der Waals surface area contributed by atoms with Crippen molar-refractivity contribution in [3.8, 4) is 0 Å². The minimum atomic E-state index is -0.920. The lowest BCUT2D eigenvalue weighted by Crippen LogP contribution is -2.37. The minimum Gasteiger partial charge on any atom is -0.396 e. The van der Waals surface area contributed by atoms with E-state index in [-0.39, 0.29) is 19.1 Å². The number of H-pyrrole nitrogens is 1. The molecule has 7 heteroatoms. The maximum Gasteiger partial charge on any atom is 0.330 e. The SMILES string of the molecule is Cc1cn([C@H]2CC(CO)[C@@H](COC(c3ccccc3)(c3ccccc3)c3ccccc3)O2)c(=O)[nH]c1=O. The van der Waals surface area contributed by atoms with Crippen molar-refractivity contribution in [3.05, 3.63) is 140 Å². The first-order valence-corrected chi connectivity index (χ1v) is 12.4. The monoisotopic (exact) mass is 498 g/mol. The third kappa shape index (κ3) is 4.81. The summed E-state index contributed by atoms with van der Waals surface area (Å²) < 4.78 is 14.6. The molecule has 190 valence electrons. The quantitative estimate of drug-likeness (QED) is 0.361. The Labute approximate surface area is 215 Å².